The summed E-state index contributed by atoms with van der Waals surface area (Å²) in [5.74, 6) is -1.16. The van der Waals surface area contributed by atoms with Crippen molar-refractivity contribution in [2.45, 2.75) is 13.8 Å². The third kappa shape index (κ3) is 6.48. The molecule has 1 amide bonds. The van der Waals surface area contributed by atoms with Crippen LogP contribution in [0.4, 0.5) is 0 Å². The molecule has 0 heterocycles. The first-order valence-electron chi connectivity index (χ1n) is 4.58. The van der Waals surface area contributed by atoms with Gasteiger partial charge < -0.3 is 14.4 Å². The monoisotopic (exact) mass is 216 g/mol. The van der Waals surface area contributed by atoms with E-state index in [1.165, 1.54) is 6.41 Å². The molecule has 1 radical (unpaired) electrons. The molecule has 0 saturated heterocycles. The predicted octanol–water partition coefficient (Wildman–Crippen LogP) is -0.518. The normalized spacial score (nSPS) is 9.20. The van der Waals surface area contributed by atoms with Crippen molar-refractivity contribution in [3.63, 3.8) is 0 Å². The van der Waals surface area contributed by atoms with Gasteiger partial charge in [-0.15, -0.1) is 0 Å². The van der Waals surface area contributed by atoms with Gasteiger partial charge in [0, 0.05) is 0 Å². The molecule has 0 aliphatic rings. The first-order valence-corrected chi connectivity index (χ1v) is 4.58. The van der Waals surface area contributed by atoms with Crippen molar-refractivity contribution in [1.82, 2.24) is 4.90 Å². The smallest absolute Gasteiger partial charge is 0.325 e. The summed E-state index contributed by atoms with van der Waals surface area (Å²) in [6, 6.07) is 0. The van der Waals surface area contributed by atoms with Crippen molar-refractivity contribution in [1.29, 1.82) is 0 Å². The minimum Gasteiger partial charge on any atom is -0.465 e. The fraction of sp³-hybridized carbons (Fsp3) is 0.667. The van der Waals surface area contributed by atoms with Crippen LogP contribution in [-0.2, 0) is 23.9 Å². The van der Waals surface area contributed by atoms with Crippen LogP contribution in [0.15, 0.2) is 0 Å². The van der Waals surface area contributed by atoms with E-state index in [0.29, 0.717) is 0 Å². The third-order valence-electron chi connectivity index (χ3n) is 1.38. The Labute approximate surface area is 88.1 Å². The molecule has 6 nitrogen and oxygen atoms in total. The van der Waals surface area contributed by atoms with Crippen LogP contribution in [0.5, 0.6) is 0 Å². The molecule has 0 spiro atoms. The first-order chi connectivity index (χ1) is 7.13. The second-order valence-corrected chi connectivity index (χ2v) is 2.56. The van der Waals surface area contributed by atoms with Crippen LogP contribution in [0.2, 0.25) is 0 Å². The lowest BCUT2D eigenvalue weighted by atomic mass is 10.5. The maximum absolute atomic E-state index is 11.0. The Bertz CT molecular complexity index is 209. The first kappa shape index (κ1) is 13.4. The highest BCUT2D eigenvalue weighted by atomic mass is 16.5. The summed E-state index contributed by atoms with van der Waals surface area (Å²) in [6.07, 6.45) is 1.46. The van der Waals surface area contributed by atoms with Crippen molar-refractivity contribution in [3.8, 4) is 0 Å². The minimum atomic E-state index is -0.579. The number of rotatable bonds is 7. The molecular formula is C9H14NO5. The molecule has 85 valence electrons. The van der Waals surface area contributed by atoms with Gasteiger partial charge in [0.05, 0.1) is 13.2 Å². The minimum absolute atomic E-state index is 0.227. The van der Waals surface area contributed by atoms with Gasteiger partial charge in [-0.1, -0.05) is 0 Å². The van der Waals surface area contributed by atoms with E-state index in [4.69, 9.17) is 0 Å². The molecule has 0 unspecified atom stereocenters. The number of carbonyl (C=O) groups excluding carboxylic acids is 3. The second-order valence-electron chi connectivity index (χ2n) is 2.56. The van der Waals surface area contributed by atoms with Gasteiger partial charge in [0.2, 0.25) is 0 Å². The average Bonchev–Trinajstić information content (AvgIpc) is 2.17. The van der Waals surface area contributed by atoms with Crippen LogP contribution in [0, 0.1) is 0 Å². The van der Waals surface area contributed by atoms with Gasteiger partial charge >= 0.3 is 18.3 Å². The lowest BCUT2D eigenvalue weighted by Gasteiger charge is -2.13. The number of ether oxygens (including phenoxy) is 2. The van der Waals surface area contributed by atoms with Crippen molar-refractivity contribution >= 4 is 18.3 Å². The topological polar surface area (TPSA) is 72.9 Å². The quantitative estimate of drug-likeness (QED) is 0.423. The number of esters is 2. The summed E-state index contributed by atoms with van der Waals surface area (Å²) in [5.41, 5.74) is 0. The van der Waals surface area contributed by atoms with Gasteiger partial charge in [0.25, 0.3) is 0 Å². The number of amides is 1. The lowest BCUT2D eigenvalue weighted by Crippen LogP contribution is -2.35. The van der Waals surface area contributed by atoms with E-state index in [-0.39, 0.29) is 26.3 Å². The number of carbonyl (C=O) groups is 2. The Morgan fingerprint density at radius 2 is 1.47 bits per heavy atom. The zero-order valence-electron chi connectivity index (χ0n) is 8.82. The Morgan fingerprint density at radius 3 is 1.73 bits per heavy atom. The Balaban J connectivity index is 3.97. The largest absolute Gasteiger partial charge is 0.465 e. The molecular weight excluding hydrogens is 202 g/mol. The van der Waals surface area contributed by atoms with Crippen LogP contribution in [-0.4, -0.2) is 49.6 Å². The van der Waals surface area contributed by atoms with E-state index >= 15 is 0 Å². The van der Waals surface area contributed by atoms with E-state index in [1.807, 2.05) is 0 Å². The number of nitrogens with zero attached hydrogens (tertiary/aromatic N) is 1. The highest BCUT2D eigenvalue weighted by Crippen LogP contribution is 1.89. The summed E-state index contributed by atoms with van der Waals surface area (Å²) < 4.78 is 9.21. The molecule has 0 aromatic carbocycles. The Hall–Kier alpha value is -1.59. The van der Waals surface area contributed by atoms with Gasteiger partial charge in [-0.05, 0) is 13.8 Å². The summed E-state index contributed by atoms with van der Waals surface area (Å²) in [4.78, 5) is 33.2. The zero-order valence-corrected chi connectivity index (χ0v) is 8.82. The molecule has 0 aliphatic carbocycles. The number of hydrogen-bond donors (Lipinski definition) is 0. The van der Waals surface area contributed by atoms with Crippen molar-refractivity contribution in [3.05, 3.63) is 0 Å². The lowest BCUT2D eigenvalue weighted by molar-refractivity contribution is -0.146. The summed E-state index contributed by atoms with van der Waals surface area (Å²) in [6.45, 7) is 3.17. The van der Waals surface area contributed by atoms with Gasteiger partial charge in [-0.25, -0.2) is 0 Å². The van der Waals surface area contributed by atoms with Gasteiger partial charge in [0.1, 0.15) is 13.1 Å². The van der Waals surface area contributed by atoms with Gasteiger partial charge in [-0.3, -0.25) is 14.4 Å². The highest BCUT2D eigenvalue weighted by molar-refractivity contribution is 5.78. The number of hydrogen-bond acceptors (Lipinski definition) is 5. The molecule has 15 heavy (non-hydrogen) atoms. The molecule has 6 heteroatoms. The molecule has 0 aliphatic heterocycles. The molecule has 0 N–H and O–H groups in total. The third-order valence-corrected chi connectivity index (χ3v) is 1.38. The van der Waals surface area contributed by atoms with Crippen LogP contribution >= 0.6 is 0 Å². The standard InChI is InChI=1S/C9H14NO5/c1-3-14-8(12)5-10(7-11)6-9(13)15-4-2/h3-6H2,1-2H3. The van der Waals surface area contributed by atoms with Crippen LogP contribution in [0.25, 0.3) is 0 Å². The van der Waals surface area contributed by atoms with E-state index in [1.54, 1.807) is 13.8 Å². The average molecular weight is 216 g/mol. The van der Waals surface area contributed by atoms with E-state index < -0.39 is 11.9 Å². The van der Waals surface area contributed by atoms with Gasteiger partial charge in [0.15, 0.2) is 0 Å². The Morgan fingerprint density at radius 1 is 1.07 bits per heavy atom. The predicted molar refractivity (Wildman–Crippen MR) is 50.5 cm³/mol. The molecule has 0 bridgehead atoms. The van der Waals surface area contributed by atoms with Crippen molar-refractivity contribution in [2.75, 3.05) is 26.3 Å². The second kappa shape index (κ2) is 7.78. The molecule has 0 atom stereocenters. The summed E-state index contributed by atoms with van der Waals surface area (Å²) >= 11 is 0. The molecule has 0 rings (SSSR count). The van der Waals surface area contributed by atoms with Crippen molar-refractivity contribution in [2.24, 2.45) is 0 Å². The maximum Gasteiger partial charge on any atom is 0.325 e. The van der Waals surface area contributed by atoms with Crippen LogP contribution in [0.3, 0.4) is 0 Å². The van der Waals surface area contributed by atoms with Crippen molar-refractivity contribution < 1.29 is 23.9 Å². The molecule has 0 aromatic rings. The maximum atomic E-state index is 11.0. The fourth-order valence-electron chi connectivity index (χ4n) is 0.845. The molecule has 0 aromatic heterocycles. The highest BCUT2D eigenvalue weighted by Gasteiger charge is 2.14. The van der Waals surface area contributed by atoms with E-state index in [0.717, 1.165) is 4.90 Å². The van der Waals surface area contributed by atoms with Crippen LogP contribution in [0.1, 0.15) is 13.8 Å². The molecule has 0 fully saturated rings. The Kier molecular flexibility index (Phi) is 6.96. The summed E-state index contributed by atoms with van der Waals surface area (Å²) in [5, 5.41) is 0. The fourth-order valence-corrected chi connectivity index (χ4v) is 0.845. The SMILES string of the molecule is CCOC(=O)CN([C]=O)CC(=O)OCC. The van der Waals surface area contributed by atoms with Crippen LogP contribution < -0.4 is 0 Å². The van der Waals surface area contributed by atoms with E-state index in [2.05, 4.69) is 9.47 Å². The summed E-state index contributed by atoms with van der Waals surface area (Å²) in [7, 11) is 0. The zero-order chi connectivity index (χ0) is 11.7. The molecule has 0 saturated carbocycles. The van der Waals surface area contributed by atoms with E-state index in [9.17, 15) is 14.4 Å². The van der Waals surface area contributed by atoms with Gasteiger partial charge in [-0.2, -0.15) is 0 Å².